The summed E-state index contributed by atoms with van der Waals surface area (Å²) >= 11 is 0. The van der Waals surface area contributed by atoms with E-state index in [9.17, 15) is 18.0 Å². The second-order valence-electron chi connectivity index (χ2n) is 3.66. The van der Waals surface area contributed by atoms with Gasteiger partial charge in [0.25, 0.3) is 5.76 Å². The molecular weight excluding hydrogens is 251 g/mol. The smallest absolute Gasteiger partial charge is 0.455 e. The zero-order valence-electron chi connectivity index (χ0n) is 10.2. The van der Waals surface area contributed by atoms with Gasteiger partial charge in [0.15, 0.2) is 0 Å². The molecule has 0 aliphatic rings. The van der Waals surface area contributed by atoms with Crippen LogP contribution in [0.25, 0.3) is 0 Å². The van der Waals surface area contributed by atoms with Crippen molar-refractivity contribution in [1.82, 2.24) is 0 Å². The highest BCUT2D eigenvalue weighted by molar-refractivity contribution is 5.86. The van der Waals surface area contributed by atoms with E-state index in [2.05, 4.69) is 11.8 Å². The Morgan fingerprint density at radius 3 is 2.39 bits per heavy atom. The van der Waals surface area contributed by atoms with Gasteiger partial charge in [-0.1, -0.05) is 26.2 Å². The number of carbonyl (C=O) groups excluding carboxylic acids is 1. The first-order valence-corrected chi connectivity index (χ1v) is 5.64. The van der Waals surface area contributed by atoms with E-state index in [0.717, 1.165) is 19.3 Å². The number of quaternary nitrogens is 1. The number of hydrogen-bond donors (Lipinski definition) is 2. The van der Waals surface area contributed by atoms with Crippen LogP contribution in [0.15, 0.2) is 11.5 Å². The van der Waals surface area contributed by atoms with E-state index in [-0.39, 0.29) is 6.61 Å². The molecule has 0 aromatic heterocycles. The van der Waals surface area contributed by atoms with E-state index < -0.39 is 23.6 Å². The molecule has 0 saturated carbocycles. The topological polar surface area (TPSA) is 63.1 Å². The van der Waals surface area contributed by atoms with E-state index >= 15 is 0 Å². The van der Waals surface area contributed by atoms with Crippen LogP contribution < -0.4 is 5.32 Å². The molecule has 0 aliphatic carbocycles. The number of unbranched alkanes of at least 4 members (excludes halogenated alkanes) is 3. The fraction of sp³-hybridized carbons (Fsp3) is 0.636. The van der Waals surface area contributed by atoms with Crippen LogP contribution in [0.1, 0.15) is 32.6 Å². The van der Waals surface area contributed by atoms with Crippen molar-refractivity contribution < 1.29 is 33.1 Å². The van der Waals surface area contributed by atoms with Crippen molar-refractivity contribution >= 4 is 5.97 Å². The van der Waals surface area contributed by atoms with E-state index in [0.29, 0.717) is 11.7 Å². The lowest BCUT2D eigenvalue weighted by Crippen LogP contribution is -2.77. The number of rotatable bonds is 7. The number of aliphatic hydroxyl groups is 1. The second-order valence-corrected chi connectivity index (χ2v) is 3.66. The van der Waals surface area contributed by atoms with Crippen LogP contribution in [0.2, 0.25) is 0 Å². The fourth-order valence-electron chi connectivity index (χ4n) is 1.20. The molecule has 3 N–H and O–H groups in total. The summed E-state index contributed by atoms with van der Waals surface area (Å²) in [4.78, 5) is 11.3. The molecule has 0 radical (unpaired) electrons. The monoisotopic (exact) mass is 269 g/mol. The van der Waals surface area contributed by atoms with Crippen LogP contribution >= 0.6 is 0 Å². The molecular formula is C11H18F3NO3. The molecule has 0 aromatic rings. The molecule has 0 unspecified atom stereocenters. The van der Waals surface area contributed by atoms with E-state index in [1.54, 1.807) is 0 Å². The lowest BCUT2D eigenvalue weighted by atomic mass is 10.2. The van der Waals surface area contributed by atoms with Crippen molar-refractivity contribution in [2.24, 2.45) is 0 Å². The van der Waals surface area contributed by atoms with Gasteiger partial charge in [0.1, 0.15) is 0 Å². The number of carbonyl (C=O) groups is 1. The highest BCUT2D eigenvalue weighted by Gasteiger charge is 2.40. The molecule has 4 nitrogen and oxygen atoms in total. The van der Waals surface area contributed by atoms with Crippen LogP contribution in [0.4, 0.5) is 13.2 Å². The van der Waals surface area contributed by atoms with Gasteiger partial charge in [-0.05, 0) is 6.42 Å². The van der Waals surface area contributed by atoms with E-state index in [4.69, 9.17) is 5.11 Å². The first-order valence-electron chi connectivity index (χ1n) is 5.64. The van der Waals surface area contributed by atoms with Crippen LogP contribution in [0.3, 0.4) is 0 Å². The maximum atomic E-state index is 12.2. The predicted octanol–water partition coefficient (Wildman–Crippen LogP) is 1.80. The van der Waals surface area contributed by atoms with Gasteiger partial charge < -0.3 is 15.2 Å². The van der Waals surface area contributed by atoms with Gasteiger partial charge in [0, 0.05) is 0 Å². The highest BCUT2D eigenvalue weighted by Crippen LogP contribution is 2.24. The molecule has 7 heteroatoms. The lowest BCUT2D eigenvalue weighted by molar-refractivity contribution is -0.541. The molecule has 106 valence electrons. The van der Waals surface area contributed by atoms with Crippen LogP contribution in [-0.2, 0) is 9.53 Å². The number of hydrogen-bond acceptors (Lipinski definition) is 3. The van der Waals surface area contributed by atoms with Crippen LogP contribution in [0.5, 0.6) is 0 Å². The Kier molecular flexibility index (Phi) is 7.42. The third-order valence-corrected chi connectivity index (χ3v) is 2.18. The van der Waals surface area contributed by atoms with Crippen molar-refractivity contribution in [2.75, 3.05) is 6.61 Å². The van der Waals surface area contributed by atoms with Crippen molar-refractivity contribution in [3.05, 3.63) is 18.5 Å². The summed E-state index contributed by atoms with van der Waals surface area (Å²) in [6.45, 7) is 2.03. The average Bonchev–Trinajstić information content (AvgIpc) is 2.28. The molecule has 0 bridgehead atoms. The lowest BCUT2D eigenvalue weighted by Gasteiger charge is -2.11. The largest absolute Gasteiger partial charge is 0.500 e. The Balaban J connectivity index is 4.37. The average molecular weight is 269 g/mol. The first-order chi connectivity index (χ1) is 8.34. The summed E-state index contributed by atoms with van der Waals surface area (Å²) in [5.74, 6) is -3.19. The molecule has 0 heterocycles. The van der Waals surface area contributed by atoms with Gasteiger partial charge in [-0.25, -0.2) is 4.79 Å². The first kappa shape index (κ1) is 16.8. The van der Waals surface area contributed by atoms with Crippen molar-refractivity contribution in [1.29, 1.82) is 0 Å². The van der Waals surface area contributed by atoms with E-state index in [1.165, 1.54) is 0 Å². The Labute approximate surface area is 104 Å². The van der Waals surface area contributed by atoms with Crippen LogP contribution in [0, 0.1) is 7.05 Å². The summed E-state index contributed by atoms with van der Waals surface area (Å²) < 4.78 is 41.1. The Bertz CT molecular complexity index is 300. The summed E-state index contributed by atoms with van der Waals surface area (Å²) in [7, 11) is 3.06. The quantitative estimate of drug-likeness (QED) is 0.243. The summed E-state index contributed by atoms with van der Waals surface area (Å²) in [5.41, 5.74) is -0.960. The minimum atomic E-state index is -4.98. The van der Waals surface area contributed by atoms with E-state index in [1.807, 2.05) is 6.92 Å². The Hall–Kier alpha value is -1.24. The molecule has 18 heavy (non-hydrogen) atoms. The Morgan fingerprint density at radius 1 is 1.33 bits per heavy atom. The zero-order valence-corrected chi connectivity index (χ0v) is 10.2. The van der Waals surface area contributed by atoms with Crippen molar-refractivity contribution in [3.8, 4) is 0 Å². The molecule has 0 saturated heterocycles. The Morgan fingerprint density at radius 2 is 1.94 bits per heavy atom. The van der Waals surface area contributed by atoms with Crippen molar-refractivity contribution in [3.63, 3.8) is 0 Å². The highest BCUT2D eigenvalue weighted by atomic mass is 19.4. The van der Waals surface area contributed by atoms with Crippen molar-refractivity contribution in [2.45, 2.75) is 38.8 Å². The van der Waals surface area contributed by atoms with Gasteiger partial charge in [0.2, 0.25) is 5.70 Å². The molecule has 0 aliphatic heterocycles. The minimum absolute atomic E-state index is 0.0291. The number of halogens is 3. The maximum Gasteiger partial charge on any atom is 0.455 e. The molecule has 0 rings (SSSR count). The number of ether oxygens (including phenoxy) is 1. The van der Waals surface area contributed by atoms with Gasteiger partial charge in [-0.15, -0.1) is 7.05 Å². The number of esters is 1. The standard InChI is InChI=1S/C11H18F3NO3/c1-3-4-5-6-7-18-10(17)8(15-2)9(16)11(12,13)14/h16H,2-7,15H2,1H3/b9-8+. The molecule has 0 fully saturated rings. The molecule has 0 aromatic carbocycles. The van der Waals surface area contributed by atoms with Crippen LogP contribution in [-0.4, -0.2) is 23.9 Å². The van der Waals surface area contributed by atoms with Gasteiger partial charge >= 0.3 is 12.1 Å². The molecule has 0 amide bonds. The van der Waals surface area contributed by atoms with Gasteiger partial charge in [-0.3, -0.25) is 0 Å². The number of alkyl halides is 3. The SMILES string of the molecule is [CH2-][NH2+]/C(C(=O)OCCCCCC)=C(/O)C(F)(F)F. The summed E-state index contributed by atoms with van der Waals surface area (Å²) in [5, 5.41) is 9.48. The molecule has 0 atom stereocenters. The third-order valence-electron chi connectivity index (χ3n) is 2.18. The maximum absolute atomic E-state index is 12.2. The summed E-state index contributed by atoms with van der Waals surface area (Å²) in [6, 6.07) is 0. The minimum Gasteiger partial charge on any atom is -0.500 e. The second kappa shape index (κ2) is 7.97. The number of aliphatic hydroxyl groups excluding tert-OH is 1. The number of nitrogens with two attached hydrogens (primary N) is 1. The fourth-order valence-corrected chi connectivity index (χ4v) is 1.20. The third kappa shape index (κ3) is 5.90. The number of allylic oxidation sites excluding steroid dienone is 1. The zero-order chi connectivity index (χ0) is 14.2. The predicted molar refractivity (Wildman–Crippen MR) is 58.1 cm³/mol. The summed E-state index contributed by atoms with van der Waals surface area (Å²) in [6.07, 6.45) is -1.60. The normalized spacial score (nSPS) is 13.2. The van der Waals surface area contributed by atoms with Gasteiger partial charge in [0.05, 0.1) is 6.61 Å². The van der Waals surface area contributed by atoms with Gasteiger partial charge in [-0.2, -0.15) is 13.2 Å². The molecule has 0 spiro atoms.